The van der Waals surface area contributed by atoms with Gasteiger partial charge in [0.15, 0.2) is 0 Å². The Kier molecular flexibility index (Phi) is 1.46. The van der Waals surface area contributed by atoms with E-state index in [9.17, 15) is 4.39 Å². The Morgan fingerprint density at radius 2 is 2.33 bits per heavy atom. The van der Waals surface area contributed by atoms with Gasteiger partial charge in [-0.25, -0.2) is 9.37 Å². The molecule has 1 aromatic heterocycles. The van der Waals surface area contributed by atoms with Crippen LogP contribution in [0.3, 0.4) is 0 Å². The molecule has 2 rings (SSSR count). The number of hydrogen-bond donors (Lipinski definition) is 2. The molecule has 0 atom stereocenters. The van der Waals surface area contributed by atoms with Crippen LogP contribution in [0.25, 0.3) is 11.0 Å². The fourth-order valence-electron chi connectivity index (χ4n) is 1.22. The van der Waals surface area contributed by atoms with Gasteiger partial charge in [-0.1, -0.05) is 0 Å². The van der Waals surface area contributed by atoms with Crippen LogP contribution in [0, 0.1) is 5.82 Å². The second-order valence-corrected chi connectivity index (χ2v) is 2.47. The second kappa shape index (κ2) is 2.48. The van der Waals surface area contributed by atoms with Gasteiger partial charge in [-0.3, -0.25) is 0 Å². The van der Waals surface area contributed by atoms with E-state index >= 15 is 0 Å². The van der Waals surface area contributed by atoms with Crippen LogP contribution >= 0.6 is 0 Å². The fraction of sp³-hybridized carbons (Fsp3) is 0.125. The van der Waals surface area contributed by atoms with Crippen LogP contribution in [-0.4, -0.2) is 17.0 Å². The summed E-state index contributed by atoms with van der Waals surface area (Å²) in [5, 5.41) is 2.77. The highest BCUT2D eigenvalue weighted by Gasteiger charge is 2.06. The lowest BCUT2D eigenvalue weighted by molar-refractivity contribution is 0.633. The average molecular weight is 165 g/mol. The van der Waals surface area contributed by atoms with Gasteiger partial charge in [0.1, 0.15) is 11.3 Å². The number of imidazole rings is 1. The first-order valence-corrected chi connectivity index (χ1v) is 3.62. The molecule has 0 spiro atoms. The first kappa shape index (κ1) is 7.09. The number of fused-ring (bicyclic) bond motifs is 1. The number of anilines is 1. The normalized spacial score (nSPS) is 10.5. The van der Waals surface area contributed by atoms with Gasteiger partial charge in [0.2, 0.25) is 0 Å². The van der Waals surface area contributed by atoms with E-state index in [1.807, 2.05) is 0 Å². The number of nitrogens with one attached hydrogen (secondary N) is 2. The van der Waals surface area contributed by atoms with Crippen LogP contribution in [0.1, 0.15) is 0 Å². The Labute approximate surface area is 68.6 Å². The lowest BCUT2D eigenvalue weighted by Crippen LogP contribution is -1.93. The van der Waals surface area contributed by atoms with E-state index in [0.29, 0.717) is 11.2 Å². The SMILES string of the molecule is CNc1c(F)ccc2[nH]cnc12. The fourth-order valence-corrected chi connectivity index (χ4v) is 1.22. The molecule has 0 fully saturated rings. The molecule has 3 nitrogen and oxygen atoms in total. The van der Waals surface area contributed by atoms with E-state index in [-0.39, 0.29) is 5.82 Å². The van der Waals surface area contributed by atoms with Crippen LogP contribution in [0.15, 0.2) is 18.5 Å². The van der Waals surface area contributed by atoms with Gasteiger partial charge in [-0.05, 0) is 12.1 Å². The molecule has 2 N–H and O–H groups in total. The molecule has 0 amide bonds. The van der Waals surface area contributed by atoms with Crippen LogP contribution in [-0.2, 0) is 0 Å². The van der Waals surface area contributed by atoms with Crippen LogP contribution in [0.2, 0.25) is 0 Å². The topological polar surface area (TPSA) is 40.7 Å². The van der Waals surface area contributed by atoms with E-state index in [4.69, 9.17) is 0 Å². The van der Waals surface area contributed by atoms with Crippen molar-refractivity contribution in [2.45, 2.75) is 0 Å². The number of benzene rings is 1. The molecule has 0 aliphatic carbocycles. The van der Waals surface area contributed by atoms with Crippen LogP contribution in [0.4, 0.5) is 10.1 Å². The minimum Gasteiger partial charge on any atom is -0.384 e. The lowest BCUT2D eigenvalue weighted by atomic mass is 10.2. The van der Waals surface area contributed by atoms with Crippen LogP contribution in [0.5, 0.6) is 0 Å². The van der Waals surface area contributed by atoms with Crippen molar-refractivity contribution in [3.63, 3.8) is 0 Å². The average Bonchev–Trinajstić information content (AvgIpc) is 2.52. The molecular weight excluding hydrogens is 157 g/mol. The molecule has 0 saturated heterocycles. The molecule has 0 aliphatic heterocycles. The maximum Gasteiger partial charge on any atom is 0.148 e. The molecule has 0 aliphatic rings. The Morgan fingerprint density at radius 1 is 1.50 bits per heavy atom. The van der Waals surface area contributed by atoms with Crippen molar-refractivity contribution < 1.29 is 4.39 Å². The van der Waals surface area contributed by atoms with Gasteiger partial charge < -0.3 is 10.3 Å². The third-order valence-corrected chi connectivity index (χ3v) is 1.79. The molecule has 4 heteroatoms. The van der Waals surface area contributed by atoms with Crippen molar-refractivity contribution in [1.29, 1.82) is 0 Å². The minimum absolute atomic E-state index is 0.280. The van der Waals surface area contributed by atoms with E-state index in [0.717, 1.165) is 5.52 Å². The summed E-state index contributed by atoms with van der Waals surface area (Å²) in [7, 11) is 1.67. The van der Waals surface area contributed by atoms with Gasteiger partial charge in [0, 0.05) is 7.05 Å². The zero-order valence-corrected chi connectivity index (χ0v) is 6.56. The molecule has 62 valence electrons. The summed E-state index contributed by atoms with van der Waals surface area (Å²) in [6.07, 6.45) is 1.55. The molecular formula is C8H8FN3. The number of aromatic nitrogens is 2. The molecule has 2 aromatic rings. The quantitative estimate of drug-likeness (QED) is 0.675. The predicted octanol–water partition coefficient (Wildman–Crippen LogP) is 1.74. The molecule has 1 heterocycles. The Bertz CT molecular complexity index is 408. The lowest BCUT2D eigenvalue weighted by Gasteiger charge is -2.01. The van der Waals surface area contributed by atoms with E-state index in [1.165, 1.54) is 6.07 Å². The smallest absolute Gasteiger partial charge is 0.148 e. The third-order valence-electron chi connectivity index (χ3n) is 1.79. The summed E-state index contributed by atoms with van der Waals surface area (Å²) < 4.78 is 13.1. The monoisotopic (exact) mass is 165 g/mol. The summed E-state index contributed by atoms with van der Waals surface area (Å²) >= 11 is 0. The molecule has 0 bridgehead atoms. The number of aromatic amines is 1. The predicted molar refractivity (Wildman–Crippen MR) is 45.6 cm³/mol. The van der Waals surface area contributed by atoms with Crippen molar-refractivity contribution in [1.82, 2.24) is 9.97 Å². The maximum atomic E-state index is 13.1. The highest BCUT2D eigenvalue weighted by molar-refractivity contribution is 5.88. The highest BCUT2D eigenvalue weighted by atomic mass is 19.1. The molecule has 0 saturated carbocycles. The maximum absolute atomic E-state index is 13.1. The Balaban J connectivity index is 2.83. The van der Waals surface area contributed by atoms with Crippen LogP contribution < -0.4 is 5.32 Å². The number of halogens is 1. The first-order valence-electron chi connectivity index (χ1n) is 3.62. The largest absolute Gasteiger partial charge is 0.384 e. The summed E-state index contributed by atoms with van der Waals surface area (Å²) in [5.41, 5.74) is 1.91. The summed E-state index contributed by atoms with van der Waals surface area (Å²) in [5.74, 6) is -0.280. The van der Waals surface area contributed by atoms with Crippen molar-refractivity contribution in [3.8, 4) is 0 Å². The van der Waals surface area contributed by atoms with Crippen molar-refractivity contribution in [2.75, 3.05) is 12.4 Å². The summed E-state index contributed by atoms with van der Waals surface area (Å²) in [6, 6.07) is 3.07. The van der Waals surface area contributed by atoms with E-state index in [1.54, 1.807) is 19.4 Å². The molecule has 0 radical (unpaired) electrons. The minimum atomic E-state index is -0.280. The van der Waals surface area contributed by atoms with Gasteiger partial charge in [0.25, 0.3) is 0 Å². The zero-order chi connectivity index (χ0) is 8.55. The number of hydrogen-bond acceptors (Lipinski definition) is 2. The Hall–Kier alpha value is -1.58. The summed E-state index contributed by atoms with van der Waals surface area (Å²) in [4.78, 5) is 6.90. The number of H-pyrrole nitrogens is 1. The number of rotatable bonds is 1. The van der Waals surface area contributed by atoms with Crippen molar-refractivity contribution in [3.05, 3.63) is 24.3 Å². The van der Waals surface area contributed by atoms with E-state index in [2.05, 4.69) is 15.3 Å². The second-order valence-electron chi connectivity index (χ2n) is 2.47. The Morgan fingerprint density at radius 3 is 3.08 bits per heavy atom. The van der Waals surface area contributed by atoms with Gasteiger partial charge >= 0.3 is 0 Å². The highest BCUT2D eigenvalue weighted by Crippen LogP contribution is 2.22. The third kappa shape index (κ3) is 0.845. The van der Waals surface area contributed by atoms with Gasteiger partial charge in [-0.15, -0.1) is 0 Å². The zero-order valence-electron chi connectivity index (χ0n) is 6.56. The van der Waals surface area contributed by atoms with Crippen molar-refractivity contribution >= 4 is 16.7 Å². The molecule has 0 unspecified atom stereocenters. The van der Waals surface area contributed by atoms with Gasteiger partial charge in [-0.2, -0.15) is 0 Å². The first-order chi connectivity index (χ1) is 5.83. The molecule has 1 aromatic carbocycles. The standard InChI is InChI=1S/C8H8FN3/c1-10-7-5(9)2-3-6-8(7)12-4-11-6/h2-4,10H,1H3,(H,11,12). The van der Waals surface area contributed by atoms with E-state index < -0.39 is 0 Å². The molecule has 12 heavy (non-hydrogen) atoms. The van der Waals surface area contributed by atoms with Gasteiger partial charge in [0.05, 0.1) is 17.5 Å². The number of nitrogens with zero attached hydrogens (tertiary/aromatic N) is 1. The summed E-state index contributed by atoms with van der Waals surface area (Å²) in [6.45, 7) is 0. The van der Waals surface area contributed by atoms with Crippen molar-refractivity contribution in [2.24, 2.45) is 0 Å².